The minimum atomic E-state index is 0.149. The van der Waals surface area contributed by atoms with Crippen molar-refractivity contribution in [1.29, 1.82) is 0 Å². The molecular formula is C27H38N2O3. The number of amides is 1. The van der Waals surface area contributed by atoms with E-state index < -0.39 is 0 Å². The number of hydrogen-bond acceptors (Lipinski definition) is 4. The summed E-state index contributed by atoms with van der Waals surface area (Å²) in [7, 11) is 0. The third kappa shape index (κ3) is 5.37. The molecule has 0 spiro atoms. The lowest BCUT2D eigenvalue weighted by Crippen LogP contribution is -2.39. The van der Waals surface area contributed by atoms with Crippen LogP contribution in [-0.4, -0.2) is 42.6 Å². The van der Waals surface area contributed by atoms with Gasteiger partial charge in [0.1, 0.15) is 5.76 Å². The van der Waals surface area contributed by atoms with Gasteiger partial charge in [-0.25, -0.2) is 0 Å². The maximum absolute atomic E-state index is 12.3. The first-order valence-electron chi connectivity index (χ1n) is 12.9. The second-order valence-corrected chi connectivity index (χ2v) is 10.2. The normalized spacial score (nSPS) is 29.4. The fourth-order valence-electron chi connectivity index (χ4n) is 6.04. The van der Waals surface area contributed by atoms with Crippen LogP contribution in [0, 0.1) is 5.92 Å². The molecule has 0 radical (unpaired) electrons. The predicted octanol–water partition coefficient (Wildman–Crippen LogP) is 5.55. The van der Waals surface area contributed by atoms with Crippen LogP contribution in [0.5, 0.6) is 0 Å². The van der Waals surface area contributed by atoms with Crippen LogP contribution >= 0.6 is 0 Å². The quantitative estimate of drug-likeness (QED) is 0.616. The highest BCUT2D eigenvalue weighted by Crippen LogP contribution is 2.36. The second kappa shape index (κ2) is 10.4. The van der Waals surface area contributed by atoms with Crippen molar-refractivity contribution < 1.29 is 13.9 Å². The average Bonchev–Trinajstić information content (AvgIpc) is 3.50. The first-order chi connectivity index (χ1) is 15.7. The van der Waals surface area contributed by atoms with Gasteiger partial charge >= 0.3 is 0 Å². The van der Waals surface area contributed by atoms with E-state index in [9.17, 15) is 4.79 Å². The van der Waals surface area contributed by atoms with Crippen LogP contribution in [0.2, 0.25) is 0 Å². The Hall–Kier alpha value is -1.85. The number of piperidine rings is 1. The van der Waals surface area contributed by atoms with Crippen molar-refractivity contribution in [3.05, 3.63) is 36.1 Å². The van der Waals surface area contributed by atoms with E-state index in [1.807, 2.05) is 12.3 Å². The fourth-order valence-corrected chi connectivity index (χ4v) is 6.04. The summed E-state index contributed by atoms with van der Waals surface area (Å²) in [5.74, 6) is 1.95. The minimum absolute atomic E-state index is 0.149. The molecule has 3 aliphatic heterocycles. The number of hydrogen-bond donors (Lipinski definition) is 1. The van der Waals surface area contributed by atoms with Crippen molar-refractivity contribution in [2.24, 2.45) is 5.92 Å². The highest BCUT2D eigenvalue weighted by molar-refractivity contribution is 5.76. The zero-order valence-corrected chi connectivity index (χ0v) is 19.3. The van der Waals surface area contributed by atoms with E-state index in [0.717, 1.165) is 44.0 Å². The lowest BCUT2D eigenvalue weighted by molar-refractivity contribution is -0.124. The summed E-state index contributed by atoms with van der Waals surface area (Å²) in [4.78, 5) is 15.0. The van der Waals surface area contributed by atoms with Gasteiger partial charge < -0.3 is 14.5 Å². The number of likely N-dealkylation sites (tertiary alicyclic amines) is 1. The molecule has 174 valence electrons. The summed E-state index contributed by atoms with van der Waals surface area (Å²) in [6, 6.07) is 9.43. The first kappa shape index (κ1) is 22.0. The lowest BCUT2D eigenvalue weighted by atomic mass is 9.83. The number of carbonyl (C=O) groups is 1. The van der Waals surface area contributed by atoms with Crippen molar-refractivity contribution in [2.45, 2.75) is 88.8 Å². The van der Waals surface area contributed by atoms with Crippen molar-refractivity contribution in [3.63, 3.8) is 0 Å². The molecule has 3 heterocycles. The second-order valence-electron chi connectivity index (χ2n) is 10.2. The zero-order chi connectivity index (χ0) is 21.8. The van der Waals surface area contributed by atoms with E-state index in [1.54, 1.807) is 0 Å². The largest absolute Gasteiger partial charge is 0.464 e. The topological polar surface area (TPSA) is 54.7 Å². The number of ether oxygens (including phenoxy) is 1. The van der Waals surface area contributed by atoms with Crippen LogP contribution in [0.1, 0.15) is 82.2 Å². The molecular weight excluding hydrogens is 400 g/mol. The van der Waals surface area contributed by atoms with Crippen LogP contribution < -0.4 is 5.32 Å². The molecule has 5 nitrogen and oxygen atoms in total. The Morgan fingerprint density at radius 2 is 1.97 bits per heavy atom. The molecule has 2 saturated heterocycles. The highest BCUT2D eigenvalue weighted by Gasteiger charge is 2.28. The van der Waals surface area contributed by atoms with Gasteiger partial charge in [0.05, 0.1) is 18.8 Å². The Morgan fingerprint density at radius 1 is 1.06 bits per heavy atom. The fraction of sp³-hybridized carbons (Fsp3) is 0.667. The van der Waals surface area contributed by atoms with Crippen molar-refractivity contribution in [3.8, 4) is 11.3 Å². The summed E-state index contributed by atoms with van der Waals surface area (Å²) in [6.45, 7) is 3.18. The molecule has 0 bridgehead atoms. The highest BCUT2D eigenvalue weighted by atomic mass is 16.5. The van der Waals surface area contributed by atoms with Gasteiger partial charge in [-0.3, -0.25) is 9.69 Å². The molecule has 5 heteroatoms. The summed E-state index contributed by atoms with van der Waals surface area (Å²) in [5.41, 5.74) is 2.55. The molecule has 5 rings (SSSR count). The average molecular weight is 439 g/mol. The minimum Gasteiger partial charge on any atom is -0.464 e. The van der Waals surface area contributed by atoms with Gasteiger partial charge in [-0.1, -0.05) is 18.6 Å². The first-order valence-corrected chi connectivity index (χ1v) is 12.9. The van der Waals surface area contributed by atoms with Gasteiger partial charge in [-0.05, 0) is 88.9 Å². The Kier molecular flexibility index (Phi) is 7.13. The van der Waals surface area contributed by atoms with E-state index in [0.29, 0.717) is 18.5 Å². The third-order valence-electron chi connectivity index (χ3n) is 7.92. The van der Waals surface area contributed by atoms with Gasteiger partial charge in [-0.2, -0.15) is 0 Å². The summed E-state index contributed by atoms with van der Waals surface area (Å²) in [5, 5.41) is 3.27. The Labute approximate surface area is 192 Å². The third-order valence-corrected chi connectivity index (χ3v) is 7.92. The monoisotopic (exact) mass is 438 g/mol. The Morgan fingerprint density at radius 3 is 2.81 bits per heavy atom. The SMILES string of the molecule is O=C(CC1CCCO1)N[C@H]1CC[C@H](CCN2CCCCC2c2coc3cccc-3c2)CC1. The lowest BCUT2D eigenvalue weighted by Gasteiger charge is -2.37. The van der Waals surface area contributed by atoms with Gasteiger partial charge in [0.2, 0.25) is 5.91 Å². The van der Waals surface area contributed by atoms with E-state index in [-0.39, 0.29) is 12.0 Å². The van der Waals surface area contributed by atoms with Crippen molar-refractivity contribution >= 4 is 5.91 Å². The van der Waals surface area contributed by atoms with E-state index in [2.05, 4.69) is 28.4 Å². The Bertz CT molecular complexity index is 835. The smallest absolute Gasteiger partial charge is 0.222 e. The molecule has 1 N–H and O–H groups in total. The number of nitrogens with zero attached hydrogens (tertiary/aromatic N) is 1. The van der Waals surface area contributed by atoms with Gasteiger partial charge in [0, 0.05) is 29.8 Å². The van der Waals surface area contributed by atoms with Crippen molar-refractivity contribution in [1.82, 2.24) is 10.2 Å². The molecule has 0 aromatic heterocycles. The molecule has 2 unspecified atom stereocenters. The molecule has 3 fully saturated rings. The number of carbonyl (C=O) groups excluding carboxylic acids is 1. The van der Waals surface area contributed by atoms with Crippen LogP contribution in [0.25, 0.3) is 11.3 Å². The zero-order valence-electron chi connectivity index (χ0n) is 19.3. The molecule has 0 aromatic rings. The van der Waals surface area contributed by atoms with E-state index in [4.69, 9.17) is 9.15 Å². The maximum Gasteiger partial charge on any atom is 0.222 e. The molecule has 1 amide bonds. The van der Waals surface area contributed by atoms with Crippen LogP contribution in [0.15, 0.2) is 34.9 Å². The number of nitrogens with one attached hydrogen (secondary N) is 1. The van der Waals surface area contributed by atoms with Crippen LogP contribution in [0.4, 0.5) is 0 Å². The molecule has 1 saturated carbocycles. The van der Waals surface area contributed by atoms with Crippen molar-refractivity contribution in [2.75, 3.05) is 19.7 Å². The Balaban J connectivity index is 1.08. The van der Waals surface area contributed by atoms with Gasteiger partial charge in [0.15, 0.2) is 0 Å². The number of fused-ring (bicyclic) bond motifs is 1. The van der Waals surface area contributed by atoms with E-state index in [1.165, 1.54) is 62.7 Å². The number of rotatable bonds is 7. The summed E-state index contributed by atoms with van der Waals surface area (Å²) in [6.07, 6.45) is 14.6. The molecule has 5 aliphatic rings. The standard InChI is InChI=1S/C27H38N2O3/c30-27(18-24-6-4-16-31-24)28-23-11-9-20(10-12-23)13-15-29-14-2-1-7-25(29)22-17-21-5-3-8-26(21)32-19-22/h3,5,8,17,19-20,23-25H,1-2,4,6-7,9-16,18H2,(H,28,30)/t20-,23-,24?,25?. The van der Waals surface area contributed by atoms with E-state index >= 15 is 0 Å². The predicted molar refractivity (Wildman–Crippen MR) is 126 cm³/mol. The molecule has 32 heavy (non-hydrogen) atoms. The summed E-state index contributed by atoms with van der Waals surface area (Å²) < 4.78 is 11.5. The molecule has 0 aromatic carbocycles. The maximum atomic E-state index is 12.3. The van der Waals surface area contributed by atoms with Gasteiger partial charge in [0.25, 0.3) is 0 Å². The van der Waals surface area contributed by atoms with Crippen LogP contribution in [-0.2, 0) is 9.53 Å². The molecule has 2 aliphatic carbocycles. The van der Waals surface area contributed by atoms with Crippen LogP contribution in [0.3, 0.4) is 0 Å². The van der Waals surface area contributed by atoms with Gasteiger partial charge in [-0.15, -0.1) is 0 Å². The summed E-state index contributed by atoms with van der Waals surface area (Å²) >= 11 is 0. The molecule has 2 atom stereocenters.